The fraction of sp³-hybridized carbons (Fsp3) is 0.250. The van der Waals surface area contributed by atoms with Crippen molar-refractivity contribution in [2.45, 2.75) is 18.9 Å². The Morgan fingerprint density at radius 1 is 1.21 bits per heavy atom. The third-order valence-corrected chi connectivity index (χ3v) is 4.70. The summed E-state index contributed by atoms with van der Waals surface area (Å²) in [6.45, 7) is 1.30. The maximum Gasteiger partial charge on any atom is 0.325 e. The van der Waals surface area contributed by atoms with E-state index in [0.717, 1.165) is 11.0 Å². The van der Waals surface area contributed by atoms with Crippen LogP contribution < -0.4 is 15.4 Å². The molecule has 1 heterocycles. The number of imide groups is 1. The molecule has 0 saturated carbocycles. The molecule has 8 heteroatoms. The molecule has 2 aromatic rings. The minimum absolute atomic E-state index is 0.244. The number of urea groups is 1. The van der Waals surface area contributed by atoms with Crippen LogP contribution in [0.2, 0.25) is 0 Å². The van der Waals surface area contributed by atoms with Crippen molar-refractivity contribution >= 4 is 23.5 Å². The molecule has 1 aliphatic rings. The van der Waals surface area contributed by atoms with Crippen LogP contribution in [0.25, 0.3) is 0 Å². The number of methoxy groups -OCH3 is 1. The summed E-state index contributed by atoms with van der Waals surface area (Å²) in [4.78, 5) is 38.6. The summed E-state index contributed by atoms with van der Waals surface area (Å²) in [6.07, 6.45) is 0.311. The van der Waals surface area contributed by atoms with Crippen LogP contribution in [0, 0.1) is 5.82 Å². The third-order valence-electron chi connectivity index (χ3n) is 4.70. The first-order valence-corrected chi connectivity index (χ1v) is 8.73. The van der Waals surface area contributed by atoms with Crippen molar-refractivity contribution in [3.63, 3.8) is 0 Å². The Labute approximate surface area is 161 Å². The second kappa shape index (κ2) is 7.67. The van der Waals surface area contributed by atoms with E-state index in [2.05, 4.69) is 10.6 Å². The number of amides is 4. The van der Waals surface area contributed by atoms with Gasteiger partial charge in [0.05, 0.1) is 7.11 Å². The molecule has 1 saturated heterocycles. The molecule has 0 spiro atoms. The summed E-state index contributed by atoms with van der Waals surface area (Å²) >= 11 is 0. The zero-order valence-electron chi connectivity index (χ0n) is 15.5. The van der Waals surface area contributed by atoms with E-state index in [0.29, 0.717) is 17.7 Å². The third kappa shape index (κ3) is 3.53. The maximum atomic E-state index is 13.2. The van der Waals surface area contributed by atoms with Crippen LogP contribution in [0.1, 0.15) is 18.9 Å². The Morgan fingerprint density at radius 3 is 2.54 bits per heavy atom. The number of benzene rings is 2. The normalized spacial score (nSPS) is 18.8. The van der Waals surface area contributed by atoms with Gasteiger partial charge >= 0.3 is 6.03 Å². The lowest BCUT2D eigenvalue weighted by Gasteiger charge is -2.26. The van der Waals surface area contributed by atoms with E-state index in [1.54, 1.807) is 31.2 Å². The molecule has 4 amide bonds. The molecule has 1 aliphatic heterocycles. The lowest BCUT2D eigenvalue weighted by Crippen LogP contribution is -2.44. The van der Waals surface area contributed by atoms with Gasteiger partial charge in [-0.15, -0.1) is 0 Å². The number of carbonyl (C=O) groups is 3. The number of rotatable bonds is 6. The van der Waals surface area contributed by atoms with Gasteiger partial charge < -0.3 is 15.4 Å². The van der Waals surface area contributed by atoms with Gasteiger partial charge in [-0.25, -0.2) is 9.18 Å². The quantitative estimate of drug-likeness (QED) is 0.749. The van der Waals surface area contributed by atoms with Crippen LogP contribution in [0.15, 0.2) is 48.5 Å². The molecule has 0 radical (unpaired) electrons. The number of anilines is 1. The van der Waals surface area contributed by atoms with Gasteiger partial charge in [0.1, 0.15) is 23.7 Å². The highest BCUT2D eigenvalue weighted by molar-refractivity contribution is 6.10. The number of hydrogen-bond donors (Lipinski definition) is 2. The van der Waals surface area contributed by atoms with Crippen molar-refractivity contribution in [1.82, 2.24) is 10.2 Å². The predicted octanol–water partition coefficient (Wildman–Crippen LogP) is 2.63. The number of nitrogens with zero attached hydrogens (tertiary/aromatic N) is 1. The van der Waals surface area contributed by atoms with Gasteiger partial charge in [-0.05, 0) is 42.3 Å². The molecule has 1 fully saturated rings. The van der Waals surface area contributed by atoms with Crippen LogP contribution in [-0.4, -0.2) is 36.4 Å². The van der Waals surface area contributed by atoms with Crippen molar-refractivity contribution in [3.8, 4) is 5.75 Å². The highest BCUT2D eigenvalue weighted by Gasteiger charge is 2.51. The van der Waals surface area contributed by atoms with Crippen LogP contribution in [0.3, 0.4) is 0 Å². The smallest absolute Gasteiger partial charge is 0.325 e. The number of hydrogen-bond acceptors (Lipinski definition) is 4. The fourth-order valence-electron chi connectivity index (χ4n) is 3.19. The molecule has 2 aromatic carbocycles. The molecule has 146 valence electrons. The van der Waals surface area contributed by atoms with Gasteiger partial charge in [0, 0.05) is 5.69 Å². The number of halogens is 1. The second-order valence-electron chi connectivity index (χ2n) is 6.37. The molecule has 1 atom stereocenters. The zero-order valence-corrected chi connectivity index (χ0v) is 15.5. The lowest BCUT2D eigenvalue weighted by atomic mass is 9.87. The van der Waals surface area contributed by atoms with Crippen LogP contribution in [-0.2, 0) is 15.1 Å². The summed E-state index contributed by atoms with van der Waals surface area (Å²) in [7, 11) is 1.53. The van der Waals surface area contributed by atoms with Gasteiger partial charge in [-0.3, -0.25) is 14.5 Å². The molecular weight excluding hydrogens is 365 g/mol. The first-order valence-electron chi connectivity index (χ1n) is 8.73. The standard InChI is InChI=1S/C20H20FN3O4/c1-3-20(13-7-9-16(28-2)10-8-13)18(26)24(19(27)23-20)12-17(25)22-15-6-4-5-14(21)11-15/h4-11H,3,12H2,1-2H3,(H,22,25)(H,23,27)/t20-/m1/s1. The zero-order chi connectivity index (χ0) is 20.3. The fourth-order valence-corrected chi connectivity index (χ4v) is 3.19. The first-order chi connectivity index (χ1) is 13.4. The Bertz CT molecular complexity index is 916. The first kappa shape index (κ1) is 19.3. The molecule has 0 unspecified atom stereocenters. The summed E-state index contributed by atoms with van der Waals surface area (Å²) in [6, 6.07) is 11.5. The lowest BCUT2D eigenvalue weighted by molar-refractivity contribution is -0.134. The molecule has 28 heavy (non-hydrogen) atoms. The number of ether oxygens (including phenoxy) is 1. The molecule has 0 aliphatic carbocycles. The molecule has 3 rings (SSSR count). The average Bonchev–Trinajstić information content (AvgIpc) is 2.93. The number of carbonyl (C=O) groups excluding carboxylic acids is 3. The van der Waals surface area contributed by atoms with Gasteiger partial charge in [-0.1, -0.05) is 25.1 Å². The summed E-state index contributed by atoms with van der Waals surface area (Å²) in [5.41, 5.74) is -0.404. The van der Waals surface area contributed by atoms with Crippen molar-refractivity contribution < 1.29 is 23.5 Å². The number of nitrogens with one attached hydrogen (secondary N) is 2. The van der Waals surface area contributed by atoms with Gasteiger partial charge in [0.25, 0.3) is 5.91 Å². The van der Waals surface area contributed by atoms with Crippen molar-refractivity contribution in [2.75, 3.05) is 19.0 Å². The van der Waals surface area contributed by atoms with E-state index in [-0.39, 0.29) is 5.69 Å². The Kier molecular flexibility index (Phi) is 5.30. The molecule has 7 nitrogen and oxygen atoms in total. The predicted molar refractivity (Wildman–Crippen MR) is 100 cm³/mol. The minimum Gasteiger partial charge on any atom is -0.497 e. The average molecular weight is 385 g/mol. The van der Waals surface area contributed by atoms with Crippen LogP contribution in [0.4, 0.5) is 14.9 Å². The van der Waals surface area contributed by atoms with Crippen molar-refractivity contribution in [3.05, 3.63) is 59.9 Å². The largest absolute Gasteiger partial charge is 0.497 e. The van der Waals surface area contributed by atoms with Crippen molar-refractivity contribution in [2.24, 2.45) is 0 Å². The topological polar surface area (TPSA) is 87.7 Å². The van der Waals surface area contributed by atoms with E-state index >= 15 is 0 Å². The van der Waals surface area contributed by atoms with Crippen molar-refractivity contribution in [1.29, 1.82) is 0 Å². The Balaban J connectivity index is 1.78. The maximum absolute atomic E-state index is 13.2. The molecule has 0 bridgehead atoms. The highest BCUT2D eigenvalue weighted by atomic mass is 19.1. The van der Waals surface area contributed by atoms with Gasteiger partial charge in [0.2, 0.25) is 5.91 Å². The van der Waals surface area contributed by atoms with Gasteiger partial charge in [0.15, 0.2) is 0 Å². The summed E-state index contributed by atoms with van der Waals surface area (Å²) in [5, 5.41) is 5.19. The van der Waals surface area contributed by atoms with E-state index < -0.39 is 35.7 Å². The SMILES string of the molecule is CC[C@]1(c2ccc(OC)cc2)NC(=O)N(CC(=O)Nc2cccc(F)c2)C1=O. The van der Waals surface area contributed by atoms with E-state index in [1.165, 1.54) is 25.3 Å². The van der Waals surface area contributed by atoms with Crippen LogP contribution >= 0.6 is 0 Å². The highest BCUT2D eigenvalue weighted by Crippen LogP contribution is 2.33. The molecular formula is C20H20FN3O4. The second-order valence-corrected chi connectivity index (χ2v) is 6.37. The van der Waals surface area contributed by atoms with E-state index in [1.807, 2.05) is 0 Å². The monoisotopic (exact) mass is 385 g/mol. The summed E-state index contributed by atoms with van der Waals surface area (Å²) < 4.78 is 18.4. The van der Waals surface area contributed by atoms with E-state index in [4.69, 9.17) is 4.74 Å². The van der Waals surface area contributed by atoms with Crippen LogP contribution in [0.5, 0.6) is 5.75 Å². The summed E-state index contributed by atoms with van der Waals surface area (Å²) in [5.74, 6) is -0.995. The van der Waals surface area contributed by atoms with E-state index in [9.17, 15) is 18.8 Å². The minimum atomic E-state index is -1.25. The molecule has 0 aromatic heterocycles. The Morgan fingerprint density at radius 2 is 1.93 bits per heavy atom. The molecule has 2 N–H and O–H groups in total. The Hall–Kier alpha value is -3.42. The van der Waals surface area contributed by atoms with Gasteiger partial charge in [-0.2, -0.15) is 0 Å².